The Bertz CT molecular complexity index is 866. The molecule has 0 unspecified atom stereocenters. The fraction of sp³-hybridized carbons (Fsp3) is 0.118. The summed E-state index contributed by atoms with van der Waals surface area (Å²) in [5, 5.41) is 12.6. The normalized spacial score (nSPS) is 10.4. The number of hydrogen-bond donors (Lipinski definition) is 1. The van der Waals surface area contributed by atoms with Gasteiger partial charge in [-0.25, -0.2) is 0 Å². The number of rotatable bonds is 5. The molecule has 1 aromatic heterocycles. The third-order valence-corrected chi connectivity index (χ3v) is 4.38. The van der Waals surface area contributed by atoms with Gasteiger partial charge in [0.2, 0.25) is 5.13 Å². The molecule has 1 amide bonds. The molecule has 24 heavy (non-hydrogen) atoms. The molecule has 0 aliphatic heterocycles. The number of carbonyl (C=O) groups excluding carboxylic acids is 1. The van der Waals surface area contributed by atoms with Crippen molar-refractivity contribution >= 4 is 34.0 Å². The predicted molar refractivity (Wildman–Crippen MR) is 95.1 cm³/mol. The zero-order valence-electron chi connectivity index (χ0n) is 12.8. The van der Waals surface area contributed by atoms with Crippen LogP contribution in [0.1, 0.15) is 20.9 Å². The topological polar surface area (TPSA) is 64.1 Å². The van der Waals surface area contributed by atoms with Gasteiger partial charge in [0.05, 0.1) is 7.11 Å². The highest BCUT2D eigenvalue weighted by Crippen LogP contribution is 2.24. The number of nitrogens with one attached hydrogen (secondary N) is 1. The second kappa shape index (κ2) is 7.42. The molecule has 1 N–H and O–H groups in total. The van der Waals surface area contributed by atoms with E-state index in [-0.39, 0.29) is 5.91 Å². The third kappa shape index (κ3) is 3.90. The average molecular weight is 360 g/mol. The summed E-state index contributed by atoms with van der Waals surface area (Å²) in [6.45, 7) is 0. The summed E-state index contributed by atoms with van der Waals surface area (Å²) in [6, 6.07) is 14.5. The van der Waals surface area contributed by atoms with Gasteiger partial charge < -0.3 is 4.74 Å². The van der Waals surface area contributed by atoms with Crippen molar-refractivity contribution in [2.45, 2.75) is 6.42 Å². The summed E-state index contributed by atoms with van der Waals surface area (Å²) in [6.07, 6.45) is 0.592. The number of halogens is 1. The van der Waals surface area contributed by atoms with E-state index in [4.69, 9.17) is 16.3 Å². The quantitative estimate of drug-likeness (QED) is 0.746. The lowest BCUT2D eigenvalue weighted by molar-refractivity contribution is 0.102. The van der Waals surface area contributed by atoms with Crippen LogP contribution >= 0.6 is 22.9 Å². The summed E-state index contributed by atoms with van der Waals surface area (Å²) in [7, 11) is 1.63. The highest BCUT2D eigenvalue weighted by atomic mass is 35.5. The van der Waals surface area contributed by atoms with Crippen molar-refractivity contribution in [1.82, 2.24) is 10.2 Å². The van der Waals surface area contributed by atoms with Gasteiger partial charge in [0.25, 0.3) is 5.91 Å². The fourth-order valence-electron chi connectivity index (χ4n) is 2.19. The number of benzene rings is 2. The molecule has 2 aromatic carbocycles. The number of methoxy groups -OCH3 is 1. The number of aromatic nitrogens is 2. The van der Waals surface area contributed by atoms with Gasteiger partial charge in [-0.1, -0.05) is 47.2 Å². The molecule has 5 nitrogen and oxygen atoms in total. The standard InChI is InChI=1S/C17H14ClN3O2S/c1-23-14-8-3-2-5-11(14)10-15-20-21-17(24-15)19-16(22)12-6-4-7-13(18)9-12/h2-9H,10H2,1H3,(H,19,21,22). The first-order valence-electron chi connectivity index (χ1n) is 7.17. The van der Waals surface area contributed by atoms with E-state index in [1.165, 1.54) is 11.3 Å². The molecule has 3 aromatic rings. The molecule has 0 fully saturated rings. The average Bonchev–Trinajstić information content (AvgIpc) is 3.02. The second-order valence-corrected chi connectivity index (χ2v) is 6.45. The van der Waals surface area contributed by atoms with Crippen molar-refractivity contribution in [1.29, 1.82) is 0 Å². The van der Waals surface area contributed by atoms with Crippen LogP contribution in [0.4, 0.5) is 5.13 Å². The van der Waals surface area contributed by atoms with Crippen LogP contribution in [-0.2, 0) is 6.42 Å². The van der Waals surface area contributed by atoms with E-state index >= 15 is 0 Å². The molecule has 7 heteroatoms. The summed E-state index contributed by atoms with van der Waals surface area (Å²) < 4.78 is 5.33. The van der Waals surface area contributed by atoms with Gasteiger partial charge in [-0.2, -0.15) is 0 Å². The molecule has 122 valence electrons. The van der Waals surface area contributed by atoms with Crippen LogP contribution in [0, 0.1) is 0 Å². The Labute approximate surface area is 148 Å². The lowest BCUT2D eigenvalue weighted by Crippen LogP contribution is -2.11. The van der Waals surface area contributed by atoms with Crippen molar-refractivity contribution in [3.63, 3.8) is 0 Å². The molecule has 0 spiro atoms. The summed E-state index contributed by atoms with van der Waals surface area (Å²) in [4.78, 5) is 12.2. The van der Waals surface area contributed by atoms with Crippen LogP contribution in [0.15, 0.2) is 48.5 Å². The van der Waals surface area contributed by atoms with Gasteiger partial charge in [0.15, 0.2) is 0 Å². The number of anilines is 1. The molecule has 0 saturated heterocycles. The number of carbonyl (C=O) groups is 1. The Morgan fingerprint density at radius 1 is 1.21 bits per heavy atom. The zero-order valence-corrected chi connectivity index (χ0v) is 14.4. The van der Waals surface area contributed by atoms with E-state index in [1.54, 1.807) is 31.4 Å². The SMILES string of the molecule is COc1ccccc1Cc1nnc(NC(=O)c2cccc(Cl)c2)s1. The van der Waals surface area contributed by atoms with Crippen LogP contribution in [0.25, 0.3) is 0 Å². The van der Waals surface area contributed by atoms with Crippen LogP contribution in [-0.4, -0.2) is 23.2 Å². The number of nitrogens with zero attached hydrogens (tertiary/aromatic N) is 2. The Kier molecular flexibility index (Phi) is 5.08. The summed E-state index contributed by atoms with van der Waals surface area (Å²) in [5.74, 6) is 0.537. The minimum Gasteiger partial charge on any atom is -0.496 e. The maximum Gasteiger partial charge on any atom is 0.257 e. The van der Waals surface area contributed by atoms with E-state index in [1.807, 2.05) is 24.3 Å². The Morgan fingerprint density at radius 2 is 2.04 bits per heavy atom. The number of amides is 1. The Hall–Kier alpha value is -2.44. The molecule has 1 heterocycles. The van der Waals surface area contributed by atoms with E-state index in [0.717, 1.165) is 16.3 Å². The maximum atomic E-state index is 12.2. The van der Waals surface area contributed by atoms with Crippen molar-refractivity contribution in [2.24, 2.45) is 0 Å². The van der Waals surface area contributed by atoms with Crippen LogP contribution < -0.4 is 10.1 Å². The van der Waals surface area contributed by atoms with Gasteiger partial charge in [0.1, 0.15) is 10.8 Å². The highest BCUT2D eigenvalue weighted by Gasteiger charge is 2.12. The first kappa shape index (κ1) is 16.4. The third-order valence-electron chi connectivity index (χ3n) is 3.31. The zero-order chi connectivity index (χ0) is 16.9. The largest absolute Gasteiger partial charge is 0.496 e. The Balaban J connectivity index is 1.70. The molecule has 3 rings (SSSR count). The van der Waals surface area contributed by atoms with Crippen LogP contribution in [0.5, 0.6) is 5.75 Å². The minimum absolute atomic E-state index is 0.266. The predicted octanol–water partition coefficient (Wildman–Crippen LogP) is 4.04. The van der Waals surface area contributed by atoms with Gasteiger partial charge in [0, 0.05) is 22.6 Å². The molecular formula is C17H14ClN3O2S. The van der Waals surface area contributed by atoms with Gasteiger partial charge in [-0.3, -0.25) is 10.1 Å². The van der Waals surface area contributed by atoms with Crippen LogP contribution in [0.2, 0.25) is 5.02 Å². The van der Waals surface area contributed by atoms with Gasteiger partial charge >= 0.3 is 0 Å². The highest BCUT2D eigenvalue weighted by molar-refractivity contribution is 7.15. The van der Waals surface area contributed by atoms with E-state index in [2.05, 4.69) is 15.5 Å². The molecule has 0 bridgehead atoms. The number of hydrogen-bond acceptors (Lipinski definition) is 5. The summed E-state index contributed by atoms with van der Waals surface area (Å²) >= 11 is 7.23. The van der Waals surface area contributed by atoms with Crippen molar-refractivity contribution in [3.8, 4) is 5.75 Å². The maximum absolute atomic E-state index is 12.2. The Morgan fingerprint density at radius 3 is 2.83 bits per heavy atom. The molecular weight excluding hydrogens is 346 g/mol. The van der Waals surface area contributed by atoms with E-state index in [0.29, 0.717) is 22.1 Å². The minimum atomic E-state index is -0.266. The molecule has 0 aliphatic carbocycles. The fourth-order valence-corrected chi connectivity index (χ4v) is 3.13. The smallest absolute Gasteiger partial charge is 0.257 e. The first-order chi connectivity index (χ1) is 11.7. The molecule has 0 radical (unpaired) electrons. The molecule has 0 aliphatic rings. The molecule has 0 saturated carbocycles. The lowest BCUT2D eigenvalue weighted by Gasteiger charge is -2.05. The summed E-state index contributed by atoms with van der Waals surface area (Å²) in [5.41, 5.74) is 1.49. The van der Waals surface area contributed by atoms with E-state index in [9.17, 15) is 4.79 Å². The van der Waals surface area contributed by atoms with Gasteiger partial charge in [-0.15, -0.1) is 10.2 Å². The lowest BCUT2D eigenvalue weighted by atomic mass is 10.1. The van der Waals surface area contributed by atoms with E-state index < -0.39 is 0 Å². The van der Waals surface area contributed by atoms with Crippen LogP contribution in [0.3, 0.4) is 0 Å². The van der Waals surface area contributed by atoms with Crippen molar-refractivity contribution in [2.75, 3.05) is 12.4 Å². The van der Waals surface area contributed by atoms with Crippen molar-refractivity contribution in [3.05, 3.63) is 69.7 Å². The molecule has 0 atom stereocenters. The van der Waals surface area contributed by atoms with Gasteiger partial charge in [-0.05, 0) is 24.3 Å². The number of ether oxygens (including phenoxy) is 1. The first-order valence-corrected chi connectivity index (χ1v) is 8.36. The monoisotopic (exact) mass is 359 g/mol. The van der Waals surface area contributed by atoms with Crippen molar-refractivity contribution < 1.29 is 9.53 Å². The number of para-hydroxylation sites is 1. The second-order valence-electron chi connectivity index (χ2n) is 4.95.